The number of carbonyl (C=O) groups is 3. The number of primary amides is 1. The summed E-state index contributed by atoms with van der Waals surface area (Å²) >= 11 is 3.28. The van der Waals surface area contributed by atoms with E-state index in [4.69, 9.17) is 5.73 Å². The predicted octanol–water partition coefficient (Wildman–Crippen LogP) is 2.26. The average molecular weight is 512 g/mol. The van der Waals surface area contributed by atoms with Crippen LogP contribution in [0.5, 0.6) is 0 Å². The lowest BCUT2D eigenvalue weighted by molar-refractivity contribution is -0.139. The molecule has 10 nitrogen and oxygen atoms in total. The van der Waals surface area contributed by atoms with Crippen LogP contribution in [0, 0.1) is 0 Å². The zero-order chi connectivity index (χ0) is 23.5. The Balaban J connectivity index is 1.60. The lowest BCUT2D eigenvalue weighted by atomic mass is 10.1. The number of amides is 3. The molecule has 0 aliphatic carbocycles. The zero-order valence-corrected chi connectivity index (χ0v) is 19.2. The largest absolute Gasteiger partial charge is 0.364 e. The number of likely N-dealkylation sites (tertiary alicyclic amines) is 1. The number of rotatable bonds is 7. The van der Waals surface area contributed by atoms with E-state index >= 15 is 0 Å². The average Bonchev–Trinajstić information content (AvgIpc) is 3.36. The fourth-order valence-electron chi connectivity index (χ4n) is 4.14. The number of anilines is 1. The number of fused-ring (bicyclic) bond motifs is 1. The number of carbonyl (C=O) groups excluding carboxylic acids is 3. The quantitative estimate of drug-likeness (QED) is 0.368. The monoisotopic (exact) mass is 511 g/mol. The molecule has 0 saturated carbocycles. The van der Waals surface area contributed by atoms with E-state index in [1.807, 2.05) is 0 Å². The topological polar surface area (TPSA) is 136 Å². The van der Waals surface area contributed by atoms with E-state index in [-0.39, 0.29) is 30.1 Å². The first kappa shape index (κ1) is 22.6. The molecule has 1 saturated heterocycles. The van der Waals surface area contributed by atoms with E-state index in [1.54, 1.807) is 47.5 Å². The van der Waals surface area contributed by atoms with Crippen molar-refractivity contribution in [2.45, 2.75) is 37.9 Å². The second kappa shape index (κ2) is 9.49. The molecule has 0 radical (unpaired) electrons. The van der Waals surface area contributed by atoms with Crippen molar-refractivity contribution in [3.63, 3.8) is 0 Å². The van der Waals surface area contributed by atoms with Crippen LogP contribution in [0.4, 0.5) is 5.82 Å². The van der Waals surface area contributed by atoms with Gasteiger partial charge in [0.2, 0.25) is 11.8 Å². The number of nitrogens with zero attached hydrogens (tertiary/aromatic N) is 5. The number of nitrogens with two attached hydrogens (primary N) is 1. The minimum atomic E-state index is -0.705. The molecule has 4 rings (SSSR count). The van der Waals surface area contributed by atoms with Crippen LogP contribution < -0.4 is 11.1 Å². The third-order valence-electron chi connectivity index (χ3n) is 5.52. The summed E-state index contributed by atoms with van der Waals surface area (Å²) in [5.74, 6) is -0.944. The van der Waals surface area contributed by atoms with E-state index in [0.29, 0.717) is 40.7 Å². The van der Waals surface area contributed by atoms with Crippen LogP contribution in [0.15, 0.2) is 53.8 Å². The van der Waals surface area contributed by atoms with E-state index in [1.165, 1.54) is 4.68 Å². The summed E-state index contributed by atoms with van der Waals surface area (Å²) in [6.07, 6.45) is 5.00. The Bertz CT molecular complexity index is 1240. The lowest BCUT2D eigenvalue weighted by Gasteiger charge is -2.29. The fourth-order valence-corrected chi connectivity index (χ4v) is 4.48. The first-order chi connectivity index (χ1) is 15.9. The summed E-state index contributed by atoms with van der Waals surface area (Å²) in [4.78, 5) is 48.4. The molecule has 33 heavy (non-hydrogen) atoms. The maximum Gasteiger partial charge on any atom is 0.269 e. The van der Waals surface area contributed by atoms with Gasteiger partial charge in [-0.05, 0) is 59.5 Å². The molecule has 0 aromatic carbocycles. The van der Waals surface area contributed by atoms with Crippen LogP contribution in [-0.4, -0.2) is 54.5 Å². The molecule has 4 heterocycles. The van der Waals surface area contributed by atoms with Gasteiger partial charge in [-0.3, -0.25) is 14.4 Å². The highest BCUT2D eigenvalue weighted by Crippen LogP contribution is 2.29. The molecule has 1 aliphatic rings. The fraction of sp³-hybridized carbons (Fsp3) is 0.273. The van der Waals surface area contributed by atoms with Crippen LogP contribution in [-0.2, 0) is 16.1 Å². The summed E-state index contributed by atoms with van der Waals surface area (Å²) in [5, 5.41) is 7.47. The Morgan fingerprint density at radius 3 is 2.79 bits per heavy atom. The standard InChI is InChI=1S/C22H22BrN7O3/c1-2-5-13-9-10-15(22(33)27-17-8-3-7-16(23)26-17)30(13)18(31)12-29-21-14(6-4-11-25-21)19(28-29)20(24)32/h2-4,6-8,11,13,15H,1,5,9-10,12H2,(H2,24,32)(H,26,27,33)/t13-,15+/m1/s1. The third-order valence-corrected chi connectivity index (χ3v) is 5.97. The summed E-state index contributed by atoms with van der Waals surface area (Å²) in [6, 6.07) is 7.69. The van der Waals surface area contributed by atoms with Gasteiger partial charge in [-0.2, -0.15) is 5.10 Å². The molecule has 3 amide bonds. The number of pyridine rings is 2. The highest BCUT2D eigenvalue weighted by molar-refractivity contribution is 9.10. The van der Waals surface area contributed by atoms with E-state index in [2.05, 4.69) is 42.9 Å². The summed E-state index contributed by atoms with van der Waals surface area (Å²) < 4.78 is 1.94. The SMILES string of the molecule is C=CC[C@@H]1CC[C@@H](C(=O)Nc2cccc(Br)n2)N1C(=O)Cn1nc(C(N)=O)c2cccnc21. The molecule has 0 bridgehead atoms. The minimum Gasteiger partial charge on any atom is -0.364 e. The van der Waals surface area contributed by atoms with Gasteiger partial charge in [0.1, 0.15) is 23.0 Å². The number of hydrogen-bond acceptors (Lipinski definition) is 6. The number of halogens is 1. The van der Waals surface area contributed by atoms with Crippen LogP contribution in [0.2, 0.25) is 0 Å². The van der Waals surface area contributed by atoms with Gasteiger partial charge >= 0.3 is 0 Å². The first-order valence-electron chi connectivity index (χ1n) is 10.4. The minimum absolute atomic E-state index is 0.0463. The lowest BCUT2D eigenvalue weighted by Crippen LogP contribution is -2.48. The Labute approximate surface area is 198 Å². The van der Waals surface area contributed by atoms with Crippen molar-refractivity contribution < 1.29 is 14.4 Å². The molecule has 170 valence electrons. The summed E-state index contributed by atoms with van der Waals surface area (Å²) in [7, 11) is 0. The van der Waals surface area contributed by atoms with Gasteiger partial charge < -0.3 is 16.0 Å². The molecule has 1 aliphatic heterocycles. The Kier molecular flexibility index (Phi) is 6.50. The summed E-state index contributed by atoms with van der Waals surface area (Å²) in [5.41, 5.74) is 5.86. The molecule has 3 N–H and O–H groups in total. The van der Waals surface area contributed by atoms with Crippen molar-refractivity contribution >= 4 is 50.5 Å². The van der Waals surface area contributed by atoms with Crippen LogP contribution in [0.25, 0.3) is 11.0 Å². The maximum atomic E-state index is 13.4. The Morgan fingerprint density at radius 2 is 2.06 bits per heavy atom. The molecule has 11 heteroatoms. The van der Waals surface area contributed by atoms with Crippen molar-refractivity contribution in [2.75, 3.05) is 5.32 Å². The maximum absolute atomic E-state index is 13.4. The smallest absolute Gasteiger partial charge is 0.269 e. The van der Waals surface area contributed by atoms with Gasteiger partial charge in [0.25, 0.3) is 5.91 Å². The molecular weight excluding hydrogens is 490 g/mol. The molecule has 3 aromatic rings. The van der Waals surface area contributed by atoms with Gasteiger partial charge in [0, 0.05) is 12.2 Å². The van der Waals surface area contributed by atoms with Crippen molar-refractivity contribution in [1.29, 1.82) is 0 Å². The number of hydrogen-bond donors (Lipinski definition) is 2. The first-order valence-corrected chi connectivity index (χ1v) is 11.1. The van der Waals surface area contributed by atoms with E-state index < -0.39 is 11.9 Å². The van der Waals surface area contributed by atoms with Crippen molar-refractivity contribution in [3.8, 4) is 0 Å². The highest BCUT2D eigenvalue weighted by atomic mass is 79.9. The highest BCUT2D eigenvalue weighted by Gasteiger charge is 2.40. The molecule has 0 spiro atoms. The van der Waals surface area contributed by atoms with Crippen molar-refractivity contribution in [1.82, 2.24) is 24.6 Å². The van der Waals surface area contributed by atoms with E-state index in [0.717, 1.165) is 0 Å². The molecular formula is C22H22BrN7O3. The van der Waals surface area contributed by atoms with Gasteiger partial charge in [-0.1, -0.05) is 12.1 Å². The zero-order valence-electron chi connectivity index (χ0n) is 17.6. The Morgan fingerprint density at radius 1 is 1.24 bits per heavy atom. The molecule has 3 aromatic heterocycles. The van der Waals surface area contributed by atoms with Gasteiger partial charge in [-0.25, -0.2) is 14.6 Å². The van der Waals surface area contributed by atoms with Gasteiger partial charge in [-0.15, -0.1) is 6.58 Å². The number of nitrogens with one attached hydrogen (secondary N) is 1. The van der Waals surface area contributed by atoms with Gasteiger partial charge in [0.05, 0.1) is 5.39 Å². The molecule has 1 fully saturated rings. The van der Waals surface area contributed by atoms with Gasteiger partial charge in [0.15, 0.2) is 11.3 Å². The van der Waals surface area contributed by atoms with Crippen LogP contribution in [0.1, 0.15) is 29.8 Å². The van der Waals surface area contributed by atoms with Crippen LogP contribution in [0.3, 0.4) is 0 Å². The predicted molar refractivity (Wildman–Crippen MR) is 125 cm³/mol. The van der Waals surface area contributed by atoms with Crippen LogP contribution >= 0.6 is 15.9 Å². The van der Waals surface area contributed by atoms with E-state index in [9.17, 15) is 14.4 Å². The van der Waals surface area contributed by atoms with Crippen molar-refractivity contribution in [3.05, 3.63) is 59.5 Å². The Hall–Kier alpha value is -3.60. The molecule has 2 atom stereocenters. The summed E-state index contributed by atoms with van der Waals surface area (Å²) in [6.45, 7) is 3.59. The second-order valence-corrected chi connectivity index (χ2v) is 8.46. The normalized spacial score (nSPS) is 17.8. The second-order valence-electron chi connectivity index (χ2n) is 7.65. The molecule has 0 unspecified atom stereocenters. The van der Waals surface area contributed by atoms with Crippen molar-refractivity contribution in [2.24, 2.45) is 5.73 Å². The number of aromatic nitrogens is 4. The third kappa shape index (κ3) is 4.63.